The fourth-order valence-electron chi connectivity index (χ4n) is 0.948. The summed E-state index contributed by atoms with van der Waals surface area (Å²) in [5.41, 5.74) is 0. The predicted octanol–water partition coefficient (Wildman–Crippen LogP) is 0.960. The van der Waals surface area contributed by atoms with E-state index < -0.39 is 17.9 Å². The first-order chi connectivity index (χ1) is 7.06. The van der Waals surface area contributed by atoms with E-state index in [-0.39, 0.29) is 0 Å². The zero-order chi connectivity index (χ0) is 11.4. The normalized spacial score (nSPS) is 11.9. The third-order valence-electron chi connectivity index (χ3n) is 1.77. The van der Waals surface area contributed by atoms with Gasteiger partial charge in [0, 0.05) is 0 Å². The van der Waals surface area contributed by atoms with Crippen molar-refractivity contribution in [2.75, 3.05) is 7.11 Å². The molecule has 0 spiro atoms. The van der Waals surface area contributed by atoms with Crippen molar-refractivity contribution >= 4 is 23.2 Å². The van der Waals surface area contributed by atoms with Crippen molar-refractivity contribution in [3.05, 3.63) is 16.3 Å². The molecule has 15 heavy (non-hydrogen) atoms. The number of carboxylic acids is 1. The van der Waals surface area contributed by atoms with Crippen molar-refractivity contribution in [3.8, 4) is 5.75 Å². The predicted molar refractivity (Wildman–Crippen MR) is 55.4 cm³/mol. The summed E-state index contributed by atoms with van der Waals surface area (Å²) in [5.74, 6) is -1.05. The molecule has 1 aromatic heterocycles. The van der Waals surface area contributed by atoms with E-state index in [4.69, 9.17) is 9.84 Å². The van der Waals surface area contributed by atoms with E-state index in [2.05, 4.69) is 5.32 Å². The molecule has 1 unspecified atom stereocenters. The maximum absolute atomic E-state index is 11.6. The van der Waals surface area contributed by atoms with Crippen molar-refractivity contribution in [1.82, 2.24) is 5.32 Å². The number of thiophene rings is 1. The molecule has 0 fully saturated rings. The van der Waals surface area contributed by atoms with Crippen LogP contribution < -0.4 is 10.1 Å². The van der Waals surface area contributed by atoms with Crippen LogP contribution in [0.5, 0.6) is 5.75 Å². The number of carbonyl (C=O) groups is 2. The topological polar surface area (TPSA) is 75.6 Å². The lowest BCUT2D eigenvalue weighted by atomic mass is 10.3. The van der Waals surface area contributed by atoms with Crippen molar-refractivity contribution in [2.45, 2.75) is 13.0 Å². The van der Waals surface area contributed by atoms with Gasteiger partial charge in [0.1, 0.15) is 16.7 Å². The number of hydrogen-bond donors (Lipinski definition) is 2. The quantitative estimate of drug-likeness (QED) is 0.806. The van der Waals surface area contributed by atoms with Gasteiger partial charge >= 0.3 is 5.97 Å². The Labute approximate surface area is 90.7 Å². The van der Waals surface area contributed by atoms with E-state index >= 15 is 0 Å². The van der Waals surface area contributed by atoms with Gasteiger partial charge in [-0.3, -0.25) is 9.59 Å². The van der Waals surface area contributed by atoms with Crippen LogP contribution in [0.2, 0.25) is 0 Å². The molecule has 1 rings (SSSR count). The molecular formula is C9H11NO4S. The minimum absolute atomic E-state index is 0.380. The number of rotatable bonds is 4. The fraction of sp³-hybridized carbons (Fsp3) is 0.333. The molecule has 82 valence electrons. The Morgan fingerprint density at radius 2 is 2.27 bits per heavy atom. The first-order valence-corrected chi connectivity index (χ1v) is 5.09. The lowest BCUT2D eigenvalue weighted by Gasteiger charge is -2.08. The molecular weight excluding hydrogens is 218 g/mol. The van der Waals surface area contributed by atoms with E-state index in [1.807, 2.05) is 0 Å². The molecule has 0 aliphatic rings. The van der Waals surface area contributed by atoms with Crippen LogP contribution in [0, 0.1) is 0 Å². The molecule has 0 saturated carbocycles. The summed E-state index contributed by atoms with van der Waals surface area (Å²) in [6.07, 6.45) is 0. The van der Waals surface area contributed by atoms with Gasteiger partial charge in [-0.2, -0.15) is 0 Å². The number of nitrogens with one attached hydrogen (secondary N) is 1. The Hall–Kier alpha value is -1.56. The summed E-state index contributed by atoms with van der Waals surface area (Å²) in [7, 11) is 1.46. The van der Waals surface area contributed by atoms with Crippen molar-refractivity contribution in [3.63, 3.8) is 0 Å². The van der Waals surface area contributed by atoms with Crippen LogP contribution in [-0.4, -0.2) is 30.1 Å². The van der Waals surface area contributed by atoms with Crippen LogP contribution >= 0.6 is 11.3 Å². The SMILES string of the molecule is COc1ccsc1C(=O)NC(C)C(=O)O. The van der Waals surface area contributed by atoms with E-state index in [9.17, 15) is 9.59 Å². The first-order valence-electron chi connectivity index (χ1n) is 4.21. The molecule has 1 aromatic rings. The fourth-order valence-corrected chi connectivity index (χ4v) is 1.71. The molecule has 1 atom stereocenters. The summed E-state index contributed by atoms with van der Waals surface area (Å²) in [6, 6.07) is 0.745. The summed E-state index contributed by atoms with van der Waals surface area (Å²) < 4.78 is 4.95. The van der Waals surface area contributed by atoms with Crippen LogP contribution in [0.4, 0.5) is 0 Å². The van der Waals surface area contributed by atoms with Gasteiger partial charge in [-0.05, 0) is 18.4 Å². The van der Waals surface area contributed by atoms with E-state index in [0.717, 1.165) is 0 Å². The average Bonchev–Trinajstić information content (AvgIpc) is 2.64. The monoisotopic (exact) mass is 229 g/mol. The molecule has 6 heteroatoms. The number of amides is 1. The van der Waals surface area contributed by atoms with Crippen molar-refractivity contribution in [1.29, 1.82) is 0 Å². The number of methoxy groups -OCH3 is 1. The summed E-state index contributed by atoms with van der Waals surface area (Å²) in [6.45, 7) is 1.40. The molecule has 1 heterocycles. The minimum atomic E-state index is -1.07. The maximum Gasteiger partial charge on any atom is 0.325 e. The van der Waals surface area contributed by atoms with Gasteiger partial charge in [0.25, 0.3) is 5.91 Å². The van der Waals surface area contributed by atoms with E-state index in [1.54, 1.807) is 11.4 Å². The Morgan fingerprint density at radius 1 is 1.60 bits per heavy atom. The van der Waals surface area contributed by atoms with Gasteiger partial charge in [-0.15, -0.1) is 11.3 Å². The molecule has 2 N–H and O–H groups in total. The second-order valence-electron chi connectivity index (χ2n) is 2.85. The Kier molecular flexibility index (Phi) is 3.68. The maximum atomic E-state index is 11.6. The first kappa shape index (κ1) is 11.5. The molecule has 1 amide bonds. The van der Waals surface area contributed by atoms with Crippen LogP contribution in [0.1, 0.15) is 16.6 Å². The van der Waals surface area contributed by atoms with Gasteiger partial charge in [0.05, 0.1) is 7.11 Å². The highest BCUT2D eigenvalue weighted by Gasteiger charge is 2.19. The number of carboxylic acid groups (broad SMARTS) is 1. The lowest BCUT2D eigenvalue weighted by molar-refractivity contribution is -0.138. The van der Waals surface area contributed by atoms with Gasteiger partial charge in [-0.25, -0.2) is 0 Å². The van der Waals surface area contributed by atoms with E-state index in [0.29, 0.717) is 10.6 Å². The van der Waals surface area contributed by atoms with Gasteiger partial charge in [-0.1, -0.05) is 0 Å². The smallest absolute Gasteiger partial charge is 0.325 e. The Bertz CT molecular complexity index is 374. The lowest BCUT2D eigenvalue weighted by Crippen LogP contribution is -2.38. The highest BCUT2D eigenvalue weighted by atomic mass is 32.1. The molecule has 0 aromatic carbocycles. The summed E-state index contributed by atoms with van der Waals surface area (Å²) in [5, 5.41) is 12.7. The van der Waals surface area contributed by atoms with Gasteiger partial charge < -0.3 is 15.2 Å². The van der Waals surface area contributed by atoms with Gasteiger partial charge in [0.2, 0.25) is 0 Å². The van der Waals surface area contributed by atoms with Crippen molar-refractivity contribution < 1.29 is 19.4 Å². The average molecular weight is 229 g/mol. The number of carbonyl (C=O) groups excluding carboxylic acids is 1. The minimum Gasteiger partial charge on any atom is -0.495 e. The van der Waals surface area contributed by atoms with Crippen LogP contribution in [-0.2, 0) is 4.79 Å². The highest BCUT2D eigenvalue weighted by Crippen LogP contribution is 2.24. The second-order valence-corrected chi connectivity index (χ2v) is 3.77. The second kappa shape index (κ2) is 4.79. The van der Waals surface area contributed by atoms with E-state index in [1.165, 1.54) is 25.4 Å². The van der Waals surface area contributed by atoms with Crippen LogP contribution in [0.15, 0.2) is 11.4 Å². The molecule has 0 aliphatic carbocycles. The number of aliphatic carboxylic acids is 1. The molecule has 0 aliphatic heterocycles. The highest BCUT2D eigenvalue weighted by molar-refractivity contribution is 7.12. The standard InChI is InChI=1S/C9H11NO4S/c1-5(9(12)13)10-8(11)7-6(14-2)3-4-15-7/h3-5H,1-2H3,(H,10,11)(H,12,13). The number of ether oxygens (including phenoxy) is 1. The zero-order valence-electron chi connectivity index (χ0n) is 8.31. The third kappa shape index (κ3) is 2.69. The summed E-state index contributed by atoms with van der Waals surface area (Å²) >= 11 is 1.21. The zero-order valence-corrected chi connectivity index (χ0v) is 9.13. The van der Waals surface area contributed by atoms with Crippen LogP contribution in [0.25, 0.3) is 0 Å². The van der Waals surface area contributed by atoms with Gasteiger partial charge in [0.15, 0.2) is 0 Å². The third-order valence-corrected chi connectivity index (χ3v) is 2.67. The Morgan fingerprint density at radius 3 is 2.80 bits per heavy atom. The molecule has 0 radical (unpaired) electrons. The summed E-state index contributed by atoms with van der Waals surface area (Å²) in [4.78, 5) is 22.5. The van der Waals surface area contributed by atoms with Crippen molar-refractivity contribution in [2.24, 2.45) is 0 Å². The largest absolute Gasteiger partial charge is 0.495 e. The molecule has 5 nitrogen and oxygen atoms in total. The van der Waals surface area contributed by atoms with Crippen LogP contribution in [0.3, 0.4) is 0 Å². The molecule has 0 saturated heterocycles. The number of hydrogen-bond acceptors (Lipinski definition) is 4. The Balaban J connectivity index is 2.73. The molecule has 0 bridgehead atoms.